The molecule has 138 valence electrons. The van der Waals surface area contributed by atoms with Crippen LogP contribution in [0.4, 0.5) is 10.2 Å². The number of carbonyl (C=O) groups is 1. The molecule has 1 unspecified atom stereocenters. The second-order valence-corrected chi connectivity index (χ2v) is 6.31. The van der Waals surface area contributed by atoms with Crippen molar-refractivity contribution in [1.29, 1.82) is 0 Å². The second-order valence-electron chi connectivity index (χ2n) is 6.31. The Morgan fingerprint density at radius 3 is 2.48 bits per heavy atom. The molecule has 1 amide bonds. The maximum atomic E-state index is 13.6. The van der Waals surface area contributed by atoms with Gasteiger partial charge in [-0.05, 0) is 42.7 Å². The smallest absolute Gasteiger partial charge is 0.253 e. The molecule has 0 aliphatic heterocycles. The molecule has 1 atom stereocenters. The first-order valence-electron chi connectivity index (χ1n) is 8.92. The highest BCUT2D eigenvalue weighted by atomic mass is 19.1. The summed E-state index contributed by atoms with van der Waals surface area (Å²) in [7, 11) is 0. The van der Waals surface area contributed by atoms with Crippen LogP contribution in [0.25, 0.3) is 0 Å². The van der Waals surface area contributed by atoms with Gasteiger partial charge in [-0.25, -0.2) is 9.37 Å². The Kier molecular flexibility index (Phi) is 6.15. The second kappa shape index (κ2) is 8.94. The number of nitrogens with one attached hydrogen (secondary N) is 2. The van der Waals surface area contributed by atoms with Crippen LogP contribution in [0.15, 0.2) is 72.9 Å². The largest absolute Gasteiger partial charge is 0.370 e. The lowest BCUT2D eigenvalue weighted by Crippen LogP contribution is -2.26. The first-order valence-corrected chi connectivity index (χ1v) is 8.92. The molecular formula is C22H22FN3O. The van der Waals surface area contributed by atoms with Crippen LogP contribution in [0.1, 0.15) is 34.5 Å². The fourth-order valence-corrected chi connectivity index (χ4v) is 2.76. The van der Waals surface area contributed by atoms with E-state index in [1.165, 1.54) is 6.07 Å². The summed E-state index contributed by atoms with van der Waals surface area (Å²) < 4.78 is 13.6. The molecule has 0 aliphatic carbocycles. The van der Waals surface area contributed by atoms with E-state index < -0.39 is 0 Å². The lowest BCUT2D eigenvalue weighted by atomic mass is 10.1. The molecule has 4 nitrogen and oxygen atoms in total. The minimum atomic E-state index is -0.202. The van der Waals surface area contributed by atoms with Gasteiger partial charge in [0.15, 0.2) is 0 Å². The van der Waals surface area contributed by atoms with Crippen molar-refractivity contribution in [3.63, 3.8) is 0 Å². The zero-order chi connectivity index (χ0) is 19.1. The number of carbonyl (C=O) groups excluding carboxylic acids is 1. The summed E-state index contributed by atoms with van der Waals surface area (Å²) in [6.45, 7) is 2.50. The minimum Gasteiger partial charge on any atom is -0.370 e. The number of benzene rings is 2. The molecule has 0 saturated carbocycles. The van der Waals surface area contributed by atoms with E-state index in [0.29, 0.717) is 29.9 Å². The summed E-state index contributed by atoms with van der Waals surface area (Å²) >= 11 is 0. The van der Waals surface area contributed by atoms with Gasteiger partial charge in [0, 0.05) is 12.7 Å². The van der Waals surface area contributed by atoms with E-state index in [0.717, 1.165) is 5.56 Å². The summed E-state index contributed by atoms with van der Waals surface area (Å²) in [5, 5.41) is 6.11. The fraction of sp³-hybridized carbons (Fsp3) is 0.182. The van der Waals surface area contributed by atoms with Gasteiger partial charge in [-0.3, -0.25) is 4.79 Å². The number of nitrogens with zero attached hydrogens (tertiary/aromatic N) is 1. The van der Waals surface area contributed by atoms with Crippen molar-refractivity contribution in [2.24, 2.45) is 0 Å². The van der Waals surface area contributed by atoms with E-state index in [1.807, 2.05) is 43.3 Å². The number of aromatic nitrogens is 1. The lowest BCUT2D eigenvalue weighted by molar-refractivity contribution is 0.0939. The number of amides is 1. The monoisotopic (exact) mass is 363 g/mol. The Balaban J connectivity index is 1.52. The van der Waals surface area contributed by atoms with E-state index in [1.54, 1.807) is 30.5 Å². The van der Waals surface area contributed by atoms with Gasteiger partial charge >= 0.3 is 0 Å². The third-order valence-electron chi connectivity index (χ3n) is 4.33. The summed E-state index contributed by atoms with van der Waals surface area (Å²) in [4.78, 5) is 16.6. The molecule has 3 rings (SSSR count). The molecule has 0 spiro atoms. The Hall–Kier alpha value is -3.21. The molecule has 1 heterocycles. The van der Waals surface area contributed by atoms with Crippen molar-refractivity contribution in [2.45, 2.75) is 19.4 Å². The third-order valence-corrected chi connectivity index (χ3v) is 4.33. The van der Waals surface area contributed by atoms with Gasteiger partial charge in [0.25, 0.3) is 5.91 Å². The molecule has 0 bridgehead atoms. The predicted octanol–water partition coefficient (Wildman–Crippen LogP) is 4.37. The highest BCUT2D eigenvalue weighted by Gasteiger charge is 2.11. The Bertz CT molecular complexity index is 882. The zero-order valence-corrected chi connectivity index (χ0v) is 15.2. The molecule has 0 fully saturated rings. The van der Waals surface area contributed by atoms with E-state index in [9.17, 15) is 9.18 Å². The van der Waals surface area contributed by atoms with Crippen molar-refractivity contribution < 1.29 is 9.18 Å². The maximum Gasteiger partial charge on any atom is 0.253 e. The summed E-state index contributed by atoms with van der Waals surface area (Å²) in [6, 6.07) is 19.9. The van der Waals surface area contributed by atoms with Gasteiger partial charge in [0.05, 0.1) is 11.6 Å². The number of halogens is 1. The van der Waals surface area contributed by atoms with Gasteiger partial charge in [-0.2, -0.15) is 0 Å². The average molecular weight is 363 g/mol. The van der Waals surface area contributed by atoms with Crippen molar-refractivity contribution in [3.8, 4) is 0 Å². The van der Waals surface area contributed by atoms with Gasteiger partial charge in [-0.15, -0.1) is 0 Å². The zero-order valence-electron chi connectivity index (χ0n) is 15.2. The summed E-state index contributed by atoms with van der Waals surface area (Å²) in [5.41, 5.74) is 2.21. The van der Waals surface area contributed by atoms with Crippen molar-refractivity contribution in [2.75, 3.05) is 11.9 Å². The molecule has 0 aliphatic rings. The maximum absolute atomic E-state index is 13.6. The van der Waals surface area contributed by atoms with Crippen LogP contribution in [0.3, 0.4) is 0 Å². The molecule has 1 aromatic heterocycles. The first kappa shape index (κ1) is 18.6. The molecule has 3 aromatic rings. The molecule has 2 N–H and O–H groups in total. The molecule has 0 radical (unpaired) electrons. The van der Waals surface area contributed by atoms with Crippen LogP contribution >= 0.6 is 0 Å². The first-order chi connectivity index (χ1) is 13.1. The highest BCUT2D eigenvalue weighted by Crippen LogP contribution is 2.13. The molecule has 0 saturated heterocycles. The van der Waals surface area contributed by atoms with Crippen LogP contribution in [-0.4, -0.2) is 17.4 Å². The molecule has 2 aromatic carbocycles. The number of hydrogen-bond acceptors (Lipinski definition) is 3. The minimum absolute atomic E-state index is 0.0859. The van der Waals surface area contributed by atoms with Gasteiger partial charge < -0.3 is 10.6 Å². The van der Waals surface area contributed by atoms with Gasteiger partial charge in [-0.1, -0.05) is 48.5 Å². The lowest BCUT2D eigenvalue weighted by Gasteiger charge is -2.14. The Morgan fingerprint density at radius 2 is 1.78 bits per heavy atom. The topological polar surface area (TPSA) is 54.0 Å². The van der Waals surface area contributed by atoms with Gasteiger partial charge in [0.1, 0.15) is 11.6 Å². The Labute approximate surface area is 158 Å². The molecular weight excluding hydrogens is 341 g/mol. The third kappa shape index (κ3) is 5.14. The van der Waals surface area contributed by atoms with Crippen molar-refractivity contribution in [1.82, 2.24) is 10.3 Å². The normalized spacial score (nSPS) is 11.6. The molecule has 27 heavy (non-hydrogen) atoms. The quantitative estimate of drug-likeness (QED) is 0.655. The summed E-state index contributed by atoms with van der Waals surface area (Å²) in [6.07, 6.45) is 2.10. The predicted molar refractivity (Wildman–Crippen MR) is 105 cm³/mol. The number of pyridine rings is 1. The van der Waals surface area contributed by atoms with E-state index in [4.69, 9.17) is 0 Å². The average Bonchev–Trinajstić information content (AvgIpc) is 2.70. The number of anilines is 1. The van der Waals surface area contributed by atoms with Crippen LogP contribution in [-0.2, 0) is 6.42 Å². The van der Waals surface area contributed by atoms with Crippen LogP contribution in [0.2, 0.25) is 0 Å². The van der Waals surface area contributed by atoms with Crippen LogP contribution < -0.4 is 10.6 Å². The summed E-state index contributed by atoms with van der Waals surface area (Å²) in [5.74, 6) is 0.280. The molecule has 5 heteroatoms. The highest BCUT2D eigenvalue weighted by molar-refractivity contribution is 5.94. The van der Waals surface area contributed by atoms with Crippen molar-refractivity contribution in [3.05, 3.63) is 95.4 Å². The number of hydrogen-bond donors (Lipinski definition) is 2. The van der Waals surface area contributed by atoms with Crippen LogP contribution in [0.5, 0.6) is 0 Å². The van der Waals surface area contributed by atoms with E-state index in [2.05, 4.69) is 15.6 Å². The van der Waals surface area contributed by atoms with E-state index >= 15 is 0 Å². The van der Waals surface area contributed by atoms with Gasteiger partial charge in [0.2, 0.25) is 0 Å². The SMILES string of the molecule is CC(NC(=O)c1ccc(NCCc2ccccc2F)nc1)c1ccccc1. The van der Waals surface area contributed by atoms with Crippen LogP contribution in [0, 0.1) is 5.82 Å². The van der Waals surface area contributed by atoms with E-state index in [-0.39, 0.29) is 17.8 Å². The Morgan fingerprint density at radius 1 is 1.04 bits per heavy atom. The fourth-order valence-electron chi connectivity index (χ4n) is 2.76. The number of rotatable bonds is 7. The standard InChI is InChI=1S/C22H22FN3O/c1-16(17-7-3-2-4-8-17)26-22(27)19-11-12-21(25-15-19)24-14-13-18-9-5-6-10-20(18)23/h2-12,15-16H,13-14H2,1H3,(H,24,25)(H,26,27). The van der Waals surface area contributed by atoms with Crippen molar-refractivity contribution >= 4 is 11.7 Å².